The van der Waals surface area contributed by atoms with E-state index in [0.29, 0.717) is 6.42 Å². The van der Waals surface area contributed by atoms with Crippen molar-refractivity contribution in [1.29, 1.82) is 0 Å². The van der Waals surface area contributed by atoms with Crippen LogP contribution in [0.25, 0.3) is 0 Å². The summed E-state index contributed by atoms with van der Waals surface area (Å²) in [6.07, 6.45) is 0.463. The molecule has 0 bridgehead atoms. The molecule has 0 aliphatic rings. The molecule has 2 aromatic carbocycles. The van der Waals surface area contributed by atoms with Gasteiger partial charge in [0.25, 0.3) is 0 Å². The van der Waals surface area contributed by atoms with Crippen molar-refractivity contribution in [2.45, 2.75) is 12.5 Å². The van der Waals surface area contributed by atoms with Crippen LogP contribution in [0, 0.1) is 5.82 Å². The SMILES string of the molecule is O=C(O)c1cccc(F)c1NC(CO)Cc1ccccc1. The Balaban J connectivity index is 2.21. The van der Waals surface area contributed by atoms with Crippen molar-refractivity contribution in [2.75, 3.05) is 11.9 Å². The number of carboxylic acids is 1. The molecule has 0 heterocycles. The maximum atomic E-state index is 13.8. The summed E-state index contributed by atoms with van der Waals surface area (Å²) in [6.45, 7) is -0.234. The van der Waals surface area contributed by atoms with Crippen LogP contribution in [0.1, 0.15) is 15.9 Å². The zero-order chi connectivity index (χ0) is 15.2. The van der Waals surface area contributed by atoms with E-state index >= 15 is 0 Å². The second kappa shape index (κ2) is 6.85. The van der Waals surface area contributed by atoms with Crippen LogP contribution < -0.4 is 5.32 Å². The molecule has 2 aromatic rings. The molecule has 2 rings (SSSR count). The predicted octanol–water partition coefficient (Wildman–Crippen LogP) is 2.54. The number of nitrogens with one attached hydrogen (secondary N) is 1. The first-order valence-corrected chi connectivity index (χ1v) is 6.55. The van der Waals surface area contributed by atoms with Crippen LogP contribution in [-0.4, -0.2) is 28.8 Å². The molecule has 1 unspecified atom stereocenters. The van der Waals surface area contributed by atoms with E-state index in [2.05, 4.69) is 5.32 Å². The maximum Gasteiger partial charge on any atom is 0.337 e. The number of aliphatic hydroxyl groups is 1. The first-order valence-electron chi connectivity index (χ1n) is 6.55. The molecule has 0 aliphatic heterocycles. The van der Waals surface area contributed by atoms with Crippen LogP contribution in [0.15, 0.2) is 48.5 Å². The Morgan fingerprint density at radius 1 is 1.14 bits per heavy atom. The number of para-hydroxylation sites is 1. The lowest BCUT2D eigenvalue weighted by molar-refractivity contribution is 0.0697. The van der Waals surface area contributed by atoms with Gasteiger partial charge >= 0.3 is 5.97 Å². The molecule has 21 heavy (non-hydrogen) atoms. The zero-order valence-electron chi connectivity index (χ0n) is 11.3. The largest absolute Gasteiger partial charge is 0.478 e. The standard InChI is InChI=1S/C16H16FNO3/c17-14-8-4-7-13(16(20)21)15(14)18-12(10-19)9-11-5-2-1-3-6-11/h1-8,12,18-19H,9-10H2,(H,20,21). The minimum absolute atomic E-state index is 0.0972. The second-order valence-corrected chi connectivity index (χ2v) is 4.68. The minimum atomic E-state index is -1.21. The molecule has 4 nitrogen and oxygen atoms in total. The average molecular weight is 289 g/mol. The predicted molar refractivity (Wildman–Crippen MR) is 78.0 cm³/mol. The van der Waals surface area contributed by atoms with Crippen molar-refractivity contribution in [3.05, 3.63) is 65.5 Å². The van der Waals surface area contributed by atoms with Crippen molar-refractivity contribution in [3.63, 3.8) is 0 Å². The van der Waals surface area contributed by atoms with Crippen LogP contribution in [0.2, 0.25) is 0 Å². The van der Waals surface area contributed by atoms with Gasteiger partial charge in [-0.15, -0.1) is 0 Å². The molecule has 0 spiro atoms. The summed E-state index contributed by atoms with van der Waals surface area (Å²) >= 11 is 0. The Morgan fingerprint density at radius 3 is 2.48 bits per heavy atom. The van der Waals surface area contributed by atoms with Crippen molar-refractivity contribution in [1.82, 2.24) is 0 Å². The molecule has 0 amide bonds. The van der Waals surface area contributed by atoms with Crippen LogP contribution in [-0.2, 0) is 6.42 Å². The molecule has 5 heteroatoms. The topological polar surface area (TPSA) is 69.6 Å². The third-order valence-electron chi connectivity index (χ3n) is 3.14. The van der Waals surface area contributed by atoms with E-state index in [4.69, 9.17) is 5.11 Å². The maximum absolute atomic E-state index is 13.8. The monoisotopic (exact) mass is 289 g/mol. The lowest BCUT2D eigenvalue weighted by atomic mass is 10.1. The summed E-state index contributed by atoms with van der Waals surface area (Å²) in [6, 6.07) is 12.8. The number of aliphatic hydroxyl groups excluding tert-OH is 1. The van der Waals surface area contributed by atoms with E-state index in [1.54, 1.807) is 0 Å². The van der Waals surface area contributed by atoms with Gasteiger partial charge in [-0.1, -0.05) is 36.4 Å². The molecule has 0 aliphatic carbocycles. The fourth-order valence-electron chi connectivity index (χ4n) is 2.11. The minimum Gasteiger partial charge on any atom is -0.478 e. The molecule has 0 saturated heterocycles. The van der Waals surface area contributed by atoms with Gasteiger partial charge < -0.3 is 15.5 Å². The molecule has 0 aromatic heterocycles. The van der Waals surface area contributed by atoms with Crippen molar-refractivity contribution < 1.29 is 19.4 Å². The van der Waals surface area contributed by atoms with E-state index in [9.17, 15) is 14.3 Å². The van der Waals surface area contributed by atoms with E-state index in [1.807, 2.05) is 30.3 Å². The molecule has 0 fully saturated rings. The van der Waals surface area contributed by atoms with Gasteiger partial charge in [0, 0.05) is 0 Å². The number of benzene rings is 2. The molecule has 110 valence electrons. The first kappa shape index (κ1) is 15.0. The third-order valence-corrected chi connectivity index (χ3v) is 3.14. The Kier molecular flexibility index (Phi) is 4.90. The van der Waals surface area contributed by atoms with E-state index in [0.717, 1.165) is 5.56 Å². The Bertz CT molecular complexity index is 616. The number of carbonyl (C=O) groups is 1. The normalized spacial score (nSPS) is 11.9. The summed E-state index contributed by atoms with van der Waals surface area (Å²) in [5.74, 6) is -1.87. The van der Waals surface area contributed by atoms with Crippen molar-refractivity contribution in [2.24, 2.45) is 0 Å². The highest BCUT2D eigenvalue weighted by atomic mass is 19.1. The van der Waals surface area contributed by atoms with E-state index in [-0.39, 0.29) is 17.9 Å². The zero-order valence-corrected chi connectivity index (χ0v) is 11.3. The van der Waals surface area contributed by atoms with E-state index < -0.39 is 17.8 Å². The number of rotatable bonds is 6. The fourth-order valence-corrected chi connectivity index (χ4v) is 2.11. The van der Waals surface area contributed by atoms with Gasteiger partial charge in [0.15, 0.2) is 0 Å². The number of hydrogen-bond donors (Lipinski definition) is 3. The number of carboxylic acid groups (broad SMARTS) is 1. The molecule has 1 atom stereocenters. The van der Waals surface area contributed by atoms with Gasteiger partial charge in [0.1, 0.15) is 5.82 Å². The Labute approximate surface area is 121 Å². The van der Waals surface area contributed by atoms with E-state index in [1.165, 1.54) is 18.2 Å². The van der Waals surface area contributed by atoms with Crippen molar-refractivity contribution in [3.8, 4) is 0 Å². The van der Waals surface area contributed by atoms with Crippen LogP contribution in [0.5, 0.6) is 0 Å². The number of aromatic carboxylic acids is 1. The molecule has 3 N–H and O–H groups in total. The Hall–Kier alpha value is -2.40. The molecular formula is C16H16FNO3. The lowest BCUT2D eigenvalue weighted by Crippen LogP contribution is -2.28. The number of halogens is 1. The van der Waals surface area contributed by atoms with Crippen LogP contribution in [0.3, 0.4) is 0 Å². The second-order valence-electron chi connectivity index (χ2n) is 4.68. The molecular weight excluding hydrogens is 273 g/mol. The summed E-state index contributed by atoms with van der Waals surface area (Å²) in [4.78, 5) is 11.1. The highest BCUT2D eigenvalue weighted by Crippen LogP contribution is 2.21. The van der Waals surface area contributed by atoms with Gasteiger partial charge in [-0.3, -0.25) is 0 Å². The molecule has 0 saturated carbocycles. The van der Waals surface area contributed by atoms with Gasteiger partial charge in [0.2, 0.25) is 0 Å². The highest BCUT2D eigenvalue weighted by Gasteiger charge is 2.17. The molecule has 0 radical (unpaired) electrons. The summed E-state index contributed by atoms with van der Waals surface area (Å²) in [5, 5.41) is 21.3. The summed E-state index contributed by atoms with van der Waals surface area (Å²) in [7, 11) is 0. The van der Waals surface area contributed by atoms with Gasteiger partial charge in [-0.25, -0.2) is 9.18 Å². The fraction of sp³-hybridized carbons (Fsp3) is 0.188. The van der Waals surface area contributed by atoms with Gasteiger partial charge in [-0.05, 0) is 24.1 Å². The summed E-state index contributed by atoms with van der Waals surface area (Å²) in [5.41, 5.74) is 0.721. The smallest absolute Gasteiger partial charge is 0.337 e. The van der Waals surface area contributed by atoms with Crippen LogP contribution in [0.4, 0.5) is 10.1 Å². The number of anilines is 1. The highest BCUT2D eigenvalue weighted by molar-refractivity contribution is 5.94. The average Bonchev–Trinajstić information content (AvgIpc) is 2.49. The third kappa shape index (κ3) is 3.79. The van der Waals surface area contributed by atoms with Crippen LogP contribution >= 0.6 is 0 Å². The van der Waals surface area contributed by atoms with Gasteiger partial charge in [0.05, 0.1) is 23.9 Å². The quantitative estimate of drug-likeness (QED) is 0.764. The summed E-state index contributed by atoms with van der Waals surface area (Å²) < 4.78 is 13.8. The Morgan fingerprint density at radius 2 is 1.86 bits per heavy atom. The van der Waals surface area contributed by atoms with Crippen molar-refractivity contribution >= 4 is 11.7 Å². The van der Waals surface area contributed by atoms with Gasteiger partial charge in [-0.2, -0.15) is 0 Å². The first-order chi connectivity index (χ1) is 10.1. The lowest BCUT2D eigenvalue weighted by Gasteiger charge is -2.19. The number of hydrogen-bond acceptors (Lipinski definition) is 3.